The molecule has 1 saturated heterocycles. The zero-order valence-electron chi connectivity index (χ0n) is 9.10. The maximum absolute atomic E-state index is 10.8. The highest BCUT2D eigenvalue weighted by Gasteiger charge is 2.18. The minimum atomic E-state index is -0.430. The highest BCUT2D eigenvalue weighted by Crippen LogP contribution is 2.30. The third-order valence-electron chi connectivity index (χ3n) is 2.59. The Balaban J connectivity index is 2.10. The summed E-state index contributed by atoms with van der Waals surface area (Å²) in [5, 5.41) is 10.8. The van der Waals surface area contributed by atoms with Gasteiger partial charge in [-0.05, 0) is 28.1 Å². The second-order valence-electron chi connectivity index (χ2n) is 3.80. The number of ether oxygens (including phenoxy) is 2. The van der Waals surface area contributed by atoms with Crippen molar-refractivity contribution >= 4 is 21.6 Å². The lowest BCUT2D eigenvalue weighted by atomic mass is 10.1. The fraction of sp³-hybridized carbons (Fsp3) is 0.455. The number of nitro groups is 1. The fourth-order valence-electron chi connectivity index (χ4n) is 1.69. The molecule has 5 nitrogen and oxygen atoms in total. The highest BCUT2D eigenvalue weighted by atomic mass is 79.9. The molecule has 0 radical (unpaired) electrons. The van der Waals surface area contributed by atoms with Crippen LogP contribution in [0.15, 0.2) is 22.7 Å². The maximum atomic E-state index is 10.8. The number of hydrogen-bond acceptors (Lipinski definition) is 4. The van der Waals surface area contributed by atoms with Gasteiger partial charge in [0.05, 0.1) is 28.7 Å². The topological polar surface area (TPSA) is 61.6 Å². The summed E-state index contributed by atoms with van der Waals surface area (Å²) in [5.74, 6) is 0.534. The first-order valence-corrected chi connectivity index (χ1v) is 6.14. The second-order valence-corrected chi connectivity index (χ2v) is 4.65. The van der Waals surface area contributed by atoms with E-state index in [4.69, 9.17) is 9.47 Å². The predicted molar refractivity (Wildman–Crippen MR) is 65.3 cm³/mol. The van der Waals surface area contributed by atoms with Crippen molar-refractivity contribution in [1.82, 2.24) is 0 Å². The summed E-state index contributed by atoms with van der Waals surface area (Å²) < 4.78 is 11.4. The van der Waals surface area contributed by atoms with E-state index in [-0.39, 0.29) is 11.8 Å². The molecule has 0 amide bonds. The van der Waals surface area contributed by atoms with Gasteiger partial charge in [0.25, 0.3) is 5.69 Å². The van der Waals surface area contributed by atoms with Gasteiger partial charge in [0.2, 0.25) is 0 Å². The molecule has 0 saturated carbocycles. The standard InChI is InChI=1S/C11H12BrNO4/c12-10-2-1-9(7-11(10)13(14)15)17-8-3-5-16-6-4-8/h1-2,7-8H,3-6H2. The largest absolute Gasteiger partial charge is 0.490 e. The minimum absolute atomic E-state index is 0.0227. The molecule has 6 heteroatoms. The quantitative estimate of drug-likeness (QED) is 0.636. The van der Waals surface area contributed by atoms with Crippen molar-refractivity contribution in [2.24, 2.45) is 0 Å². The number of nitro benzene ring substituents is 1. The van der Waals surface area contributed by atoms with Gasteiger partial charge in [0, 0.05) is 12.8 Å². The van der Waals surface area contributed by atoms with E-state index in [9.17, 15) is 10.1 Å². The molecule has 0 unspecified atom stereocenters. The SMILES string of the molecule is O=[N+]([O-])c1cc(OC2CCOCC2)ccc1Br. The van der Waals surface area contributed by atoms with Gasteiger partial charge < -0.3 is 9.47 Å². The van der Waals surface area contributed by atoms with Crippen molar-refractivity contribution in [3.05, 3.63) is 32.8 Å². The Morgan fingerprint density at radius 3 is 2.76 bits per heavy atom. The first-order chi connectivity index (χ1) is 8.16. The molecule has 92 valence electrons. The number of rotatable bonds is 3. The zero-order valence-corrected chi connectivity index (χ0v) is 10.7. The molecule has 1 aromatic carbocycles. The van der Waals surface area contributed by atoms with Gasteiger partial charge in [-0.15, -0.1) is 0 Å². The molecule has 0 spiro atoms. The van der Waals surface area contributed by atoms with E-state index in [1.165, 1.54) is 6.07 Å². The Bertz CT molecular complexity index is 418. The average molecular weight is 302 g/mol. The van der Waals surface area contributed by atoms with Crippen LogP contribution in [-0.2, 0) is 4.74 Å². The van der Waals surface area contributed by atoms with Crippen LogP contribution in [0, 0.1) is 10.1 Å². The summed E-state index contributed by atoms with van der Waals surface area (Å²) in [6.07, 6.45) is 1.73. The van der Waals surface area contributed by atoms with Gasteiger partial charge in [0.1, 0.15) is 11.9 Å². The maximum Gasteiger partial charge on any atom is 0.287 e. The fourth-order valence-corrected chi connectivity index (χ4v) is 2.08. The molecule has 17 heavy (non-hydrogen) atoms. The van der Waals surface area contributed by atoms with Crippen molar-refractivity contribution < 1.29 is 14.4 Å². The molecule has 0 N–H and O–H groups in total. The number of benzene rings is 1. The summed E-state index contributed by atoms with van der Waals surface area (Å²) in [4.78, 5) is 10.3. The van der Waals surface area contributed by atoms with Gasteiger partial charge in [-0.25, -0.2) is 0 Å². The molecule has 0 aromatic heterocycles. The number of nitrogens with zero attached hydrogens (tertiary/aromatic N) is 1. The van der Waals surface area contributed by atoms with Gasteiger partial charge in [-0.3, -0.25) is 10.1 Å². The van der Waals surface area contributed by atoms with Gasteiger partial charge in [-0.2, -0.15) is 0 Å². The van der Waals surface area contributed by atoms with Crippen LogP contribution in [0.1, 0.15) is 12.8 Å². The molecular weight excluding hydrogens is 290 g/mol. The lowest BCUT2D eigenvalue weighted by Crippen LogP contribution is -2.25. The Morgan fingerprint density at radius 1 is 1.41 bits per heavy atom. The molecule has 1 aliphatic heterocycles. The van der Waals surface area contributed by atoms with Gasteiger partial charge >= 0.3 is 0 Å². The normalized spacial score (nSPS) is 16.8. The van der Waals surface area contributed by atoms with Crippen LogP contribution in [0.4, 0.5) is 5.69 Å². The predicted octanol–water partition coefficient (Wildman–Crippen LogP) is 2.92. The Morgan fingerprint density at radius 2 is 2.12 bits per heavy atom. The van der Waals surface area contributed by atoms with Crippen LogP contribution >= 0.6 is 15.9 Å². The zero-order chi connectivity index (χ0) is 12.3. The summed E-state index contributed by atoms with van der Waals surface area (Å²) in [6, 6.07) is 4.80. The first kappa shape index (κ1) is 12.3. The number of halogens is 1. The summed E-state index contributed by atoms with van der Waals surface area (Å²) in [5.41, 5.74) is 0.0227. The molecular formula is C11H12BrNO4. The Labute approximate surface area is 107 Å². The smallest absolute Gasteiger partial charge is 0.287 e. The molecule has 1 fully saturated rings. The summed E-state index contributed by atoms with van der Waals surface area (Å²) in [7, 11) is 0. The molecule has 2 rings (SSSR count). The lowest BCUT2D eigenvalue weighted by Gasteiger charge is -2.23. The van der Waals surface area contributed by atoms with E-state index in [2.05, 4.69) is 15.9 Å². The van der Waals surface area contributed by atoms with Gasteiger partial charge in [-0.1, -0.05) is 0 Å². The van der Waals surface area contributed by atoms with Crippen LogP contribution < -0.4 is 4.74 Å². The van der Waals surface area contributed by atoms with Crippen molar-refractivity contribution in [2.75, 3.05) is 13.2 Å². The van der Waals surface area contributed by atoms with E-state index in [0.29, 0.717) is 23.4 Å². The van der Waals surface area contributed by atoms with Crippen LogP contribution in [0.5, 0.6) is 5.75 Å². The van der Waals surface area contributed by atoms with Crippen molar-refractivity contribution in [1.29, 1.82) is 0 Å². The average Bonchev–Trinajstić information content (AvgIpc) is 2.32. The molecule has 0 aliphatic carbocycles. The van der Waals surface area contributed by atoms with Crippen LogP contribution in [0.2, 0.25) is 0 Å². The number of hydrogen-bond donors (Lipinski definition) is 0. The third kappa shape index (κ3) is 3.17. The monoisotopic (exact) mass is 301 g/mol. The van der Waals surface area contributed by atoms with E-state index >= 15 is 0 Å². The van der Waals surface area contributed by atoms with E-state index < -0.39 is 4.92 Å². The summed E-state index contributed by atoms with van der Waals surface area (Å²) in [6.45, 7) is 1.37. The highest BCUT2D eigenvalue weighted by molar-refractivity contribution is 9.10. The van der Waals surface area contributed by atoms with E-state index in [0.717, 1.165) is 12.8 Å². The molecule has 1 aliphatic rings. The second kappa shape index (κ2) is 5.46. The van der Waals surface area contributed by atoms with Crippen molar-refractivity contribution in [2.45, 2.75) is 18.9 Å². The van der Waals surface area contributed by atoms with Crippen LogP contribution in [0.25, 0.3) is 0 Å². The van der Waals surface area contributed by atoms with E-state index in [1.807, 2.05) is 0 Å². The summed E-state index contributed by atoms with van der Waals surface area (Å²) >= 11 is 3.14. The molecule has 0 atom stereocenters. The first-order valence-electron chi connectivity index (χ1n) is 5.35. The molecule has 1 aromatic rings. The van der Waals surface area contributed by atoms with Crippen molar-refractivity contribution in [3.63, 3.8) is 0 Å². The lowest BCUT2D eigenvalue weighted by molar-refractivity contribution is -0.385. The van der Waals surface area contributed by atoms with Crippen LogP contribution in [0.3, 0.4) is 0 Å². The third-order valence-corrected chi connectivity index (χ3v) is 3.26. The Kier molecular flexibility index (Phi) is 3.96. The van der Waals surface area contributed by atoms with Crippen LogP contribution in [-0.4, -0.2) is 24.2 Å². The molecule has 0 bridgehead atoms. The van der Waals surface area contributed by atoms with E-state index in [1.54, 1.807) is 12.1 Å². The van der Waals surface area contributed by atoms with Crippen molar-refractivity contribution in [3.8, 4) is 5.75 Å². The van der Waals surface area contributed by atoms with Gasteiger partial charge in [0.15, 0.2) is 0 Å². The minimum Gasteiger partial charge on any atom is -0.490 e. The Hall–Kier alpha value is -1.14. The molecule has 1 heterocycles.